The number of aromatic nitrogens is 1. The molecule has 1 amide bonds. The molecule has 30 heavy (non-hydrogen) atoms. The summed E-state index contributed by atoms with van der Waals surface area (Å²) in [6.45, 7) is 0. The molecule has 3 heterocycles. The Morgan fingerprint density at radius 1 is 1.17 bits per heavy atom. The molecule has 3 aromatic rings. The number of nitrogens with one attached hydrogen (secondary N) is 2. The van der Waals surface area contributed by atoms with Gasteiger partial charge < -0.3 is 14.6 Å². The molecule has 5 rings (SSSR count). The van der Waals surface area contributed by atoms with Crippen LogP contribution in [-0.2, 0) is 0 Å². The lowest BCUT2D eigenvalue weighted by Gasteiger charge is -2.40. The molecule has 7 heteroatoms. The van der Waals surface area contributed by atoms with Crippen LogP contribution in [0.2, 0.25) is 5.02 Å². The maximum atomic E-state index is 13.3. The third-order valence-electron chi connectivity index (χ3n) is 6.81. The molecule has 2 bridgehead atoms. The van der Waals surface area contributed by atoms with Gasteiger partial charge in [-0.1, -0.05) is 29.8 Å². The third kappa shape index (κ3) is 3.44. The predicted molar refractivity (Wildman–Crippen MR) is 116 cm³/mol. The Balaban J connectivity index is 1.48. The van der Waals surface area contributed by atoms with E-state index < -0.39 is 5.76 Å². The van der Waals surface area contributed by atoms with E-state index in [9.17, 15) is 9.59 Å². The van der Waals surface area contributed by atoms with Crippen LogP contribution < -0.4 is 11.1 Å². The zero-order chi connectivity index (χ0) is 20.8. The van der Waals surface area contributed by atoms with Gasteiger partial charge in [0.05, 0.1) is 17.1 Å². The average molecular weight is 426 g/mol. The van der Waals surface area contributed by atoms with Crippen molar-refractivity contribution < 1.29 is 9.21 Å². The van der Waals surface area contributed by atoms with Crippen molar-refractivity contribution in [3.63, 3.8) is 0 Å². The number of hydrogen-bond donors (Lipinski definition) is 2. The lowest BCUT2D eigenvalue weighted by molar-refractivity contribution is 0.0843. The summed E-state index contributed by atoms with van der Waals surface area (Å²) in [5.74, 6) is -0.470. The highest BCUT2D eigenvalue weighted by Gasteiger charge is 2.41. The normalized spacial score (nSPS) is 24.8. The van der Waals surface area contributed by atoms with Crippen LogP contribution in [0.15, 0.2) is 51.7 Å². The first-order valence-corrected chi connectivity index (χ1v) is 10.8. The van der Waals surface area contributed by atoms with Gasteiger partial charge in [0.15, 0.2) is 5.58 Å². The number of hydrogen-bond acceptors (Lipinski definition) is 4. The van der Waals surface area contributed by atoms with Crippen LogP contribution in [-0.4, -0.2) is 34.9 Å². The number of benzene rings is 2. The smallest absolute Gasteiger partial charge is 0.407 e. The van der Waals surface area contributed by atoms with Gasteiger partial charge in [0, 0.05) is 17.1 Å². The number of aromatic amines is 1. The minimum absolute atomic E-state index is 0.132. The molecule has 2 saturated heterocycles. The average Bonchev–Trinajstić information content (AvgIpc) is 3.19. The first-order valence-electron chi connectivity index (χ1n) is 10.4. The number of piperidine rings is 1. The van der Waals surface area contributed by atoms with E-state index in [2.05, 4.69) is 22.2 Å². The van der Waals surface area contributed by atoms with Gasteiger partial charge in [0.2, 0.25) is 0 Å². The fourth-order valence-electron chi connectivity index (χ4n) is 5.24. The number of carbonyl (C=O) groups excluding carboxylic acids is 1. The van der Waals surface area contributed by atoms with E-state index in [-0.39, 0.29) is 11.9 Å². The van der Waals surface area contributed by atoms with Gasteiger partial charge in [-0.15, -0.1) is 0 Å². The Morgan fingerprint density at radius 2 is 1.87 bits per heavy atom. The molecule has 2 aliphatic heterocycles. The number of oxazole rings is 1. The zero-order valence-corrected chi connectivity index (χ0v) is 17.5. The van der Waals surface area contributed by atoms with Crippen molar-refractivity contribution >= 4 is 28.6 Å². The number of fused-ring (bicyclic) bond motifs is 3. The number of nitrogens with zero attached hydrogens (tertiary/aromatic N) is 1. The van der Waals surface area contributed by atoms with E-state index in [0.717, 1.165) is 18.4 Å². The summed E-state index contributed by atoms with van der Waals surface area (Å²) in [5, 5.41) is 3.92. The van der Waals surface area contributed by atoms with Gasteiger partial charge in [-0.05, 0) is 68.5 Å². The van der Waals surface area contributed by atoms with Crippen LogP contribution in [0.4, 0.5) is 0 Å². The number of H-pyrrole nitrogens is 1. The summed E-state index contributed by atoms with van der Waals surface area (Å²) >= 11 is 6.11. The van der Waals surface area contributed by atoms with Gasteiger partial charge in [-0.2, -0.15) is 0 Å². The summed E-state index contributed by atoms with van der Waals surface area (Å²) < 4.78 is 5.23. The summed E-state index contributed by atoms with van der Waals surface area (Å²) in [6, 6.07) is 13.9. The summed E-state index contributed by atoms with van der Waals surface area (Å²) in [4.78, 5) is 30.0. The highest BCUT2D eigenvalue weighted by molar-refractivity contribution is 6.30. The Bertz CT molecular complexity index is 1120. The van der Waals surface area contributed by atoms with Crippen LogP contribution in [0.25, 0.3) is 11.1 Å². The maximum absolute atomic E-state index is 13.3. The minimum atomic E-state index is -0.564. The topological polar surface area (TPSA) is 78.3 Å². The summed E-state index contributed by atoms with van der Waals surface area (Å²) in [6.07, 6.45) is 4.52. The lowest BCUT2D eigenvalue weighted by atomic mass is 9.82. The quantitative estimate of drug-likeness (QED) is 0.659. The Hall–Kier alpha value is -2.57. The van der Waals surface area contributed by atoms with Crippen molar-refractivity contribution in [1.82, 2.24) is 15.2 Å². The second kappa shape index (κ2) is 7.60. The molecule has 0 aliphatic carbocycles. The molecule has 0 saturated carbocycles. The van der Waals surface area contributed by atoms with E-state index in [1.54, 1.807) is 18.2 Å². The molecule has 2 aromatic carbocycles. The van der Waals surface area contributed by atoms with Crippen molar-refractivity contribution in [3.8, 4) is 0 Å². The van der Waals surface area contributed by atoms with Gasteiger partial charge >= 0.3 is 5.76 Å². The molecular formula is C23H24ClN3O3. The van der Waals surface area contributed by atoms with Crippen LogP contribution in [0.1, 0.15) is 47.6 Å². The first kappa shape index (κ1) is 19.4. The van der Waals surface area contributed by atoms with Crippen molar-refractivity contribution in [2.45, 2.75) is 43.8 Å². The van der Waals surface area contributed by atoms with Crippen molar-refractivity contribution in [3.05, 3.63) is 69.2 Å². The molecule has 156 valence electrons. The van der Waals surface area contributed by atoms with Gasteiger partial charge in [0.1, 0.15) is 0 Å². The number of carbonyl (C=O) groups is 1. The molecular weight excluding hydrogens is 402 g/mol. The van der Waals surface area contributed by atoms with Crippen molar-refractivity contribution in [2.75, 3.05) is 7.05 Å². The fourth-order valence-corrected chi connectivity index (χ4v) is 5.37. The molecule has 1 aromatic heterocycles. The number of para-hydroxylation sites is 1. The molecule has 2 N–H and O–H groups in total. The Morgan fingerprint density at radius 3 is 2.57 bits per heavy atom. The van der Waals surface area contributed by atoms with Gasteiger partial charge in [-0.3, -0.25) is 9.78 Å². The number of rotatable bonds is 4. The first-order chi connectivity index (χ1) is 14.5. The van der Waals surface area contributed by atoms with Crippen LogP contribution >= 0.6 is 11.6 Å². The maximum Gasteiger partial charge on any atom is 0.417 e. The number of amides is 1. The van der Waals surface area contributed by atoms with Gasteiger partial charge in [0.25, 0.3) is 5.91 Å². The van der Waals surface area contributed by atoms with Crippen LogP contribution in [0.5, 0.6) is 0 Å². The fraction of sp³-hybridized carbons (Fsp3) is 0.391. The number of halogens is 1. The summed E-state index contributed by atoms with van der Waals surface area (Å²) in [5.41, 5.74) is 2.22. The second-order valence-corrected chi connectivity index (χ2v) is 8.92. The van der Waals surface area contributed by atoms with E-state index in [1.165, 1.54) is 12.8 Å². The van der Waals surface area contributed by atoms with E-state index >= 15 is 0 Å². The Kier molecular flexibility index (Phi) is 4.91. The molecule has 0 radical (unpaired) electrons. The monoisotopic (exact) mass is 425 g/mol. The predicted octanol–water partition coefficient (Wildman–Crippen LogP) is 4.12. The molecule has 3 atom stereocenters. The molecule has 3 unspecified atom stereocenters. The SMILES string of the molecule is CN1C2CCC1CC(C(NC(=O)c1cccc3[nH]c(=O)oc13)c1ccc(Cl)cc1)C2. The minimum Gasteiger partial charge on any atom is -0.407 e. The molecule has 6 nitrogen and oxygen atoms in total. The third-order valence-corrected chi connectivity index (χ3v) is 7.06. The lowest BCUT2D eigenvalue weighted by Crippen LogP contribution is -2.44. The zero-order valence-electron chi connectivity index (χ0n) is 16.7. The second-order valence-electron chi connectivity index (χ2n) is 8.48. The van der Waals surface area contributed by atoms with Gasteiger partial charge in [-0.25, -0.2) is 4.79 Å². The highest BCUT2D eigenvalue weighted by Crippen LogP contribution is 2.42. The molecule has 0 spiro atoms. The molecule has 2 aliphatic rings. The standard InChI is InChI=1S/C23H24ClN3O3/c1-27-16-9-10-17(27)12-14(11-16)20(13-5-7-15(24)8-6-13)26-22(28)18-3-2-4-19-21(18)30-23(29)25-19/h2-8,14,16-17,20H,9-12H2,1H3,(H,25,29)(H,26,28). The van der Waals surface area contributed by atoms with Crippen LogP contribution in [0.3, 0.4) is 0 Å². The summed E-state index contributed by atoms with van der Waals surface area (Å²) in [7, 11) is 2.21. The van der Waals surface area contributed by atoms with E-state index in [1.807, 2.05) is 24.3 Å². The van der Waals surface area contributed by atoms with Crippen LogP contribution in [0, 0.1) is 5.92 Å². The van der Waals surface area contributed by atoms with E-state index in [4.69, 9.17) is 16.0 Å². The van der Waals surface area contributed by atoms with E-state index in [0.29, 0.717) is 39.7 Å². The van der Waals surface area contributed by atoms with Crippen molar-refractivity contribution in [1.29, 1.82) is 0 Å². The van der Waals surface area contributed by atoms with Crippen molar-refractivity contribution in [2.24, 2.45) is 5.92 Å². The Labute approximate surface area is 179 Å². The highest BCUT2D eigenvalue weighted by atomic mass is 35.5. The molecule has 2 fully saturated rings. The largest absolute Gasteiger partial charge is 0.417 e.